The standard InChI is InChI=1S/C14H20N2O4S.ClH/c1-3-20-14(17)12-4-6-13(7-5-12)21(18,19)16-9-8-15-10-11(16)2;/h4-7,11,15H,3,8-10H2,1-2H3;1H/t11-;/m1./s1. The number of carbonyl (C=O) groups excluding carboxylic acids is 1. The van der Waals surface area contributed by atoms with Crippen LogP contribution in [0, 0.1) is 0 Å². The van der Waals surface area contributed by atoms with Gasteiger partial charge in [-0.05, 0) is 38.1 Å². The predicted molar refractivity (Wildman–Crippen MR) is 85.9 cm³/mol. The SMILES string of the molecule is CCOC(=O)c1ccc(S(=O)(=O)N2CCNC[C@H]2C)cc1.Cl. The fourth-order valence-corrected chi connectivity index (χ4v) is 3.92. The van der Waals surface area contributed by atoms with Gasteiger partial charge in [-0.1, -0.05) is 0 Å². The highest BCUT2D eigenvalue weighted by Gasteiger charge is 2.30. The zero-order chi connectivity index (χ0) is 15.5. The van der Waals surface area contributed by atoms with Crippen molar-refractivity contribution < 1.29 is 17.9 Å². The summed E-state index contributed by atoms with van der Waals surface area (Å²) in [7, 11) is -3.52. The molecule has 1 aliphatic rings. The number of sulfonamides is 1. The van der Waals surface area contributed by atoms with Crippen molar-refractivity contribution in [1.29, 1.82) is 0 Å². The van der Waals surface area contributed by atoms with Gasteiger partial charge in [0.1, 0.15) is 0 Å². The highest BCUT2D eigenvalue weighted by molar-refractivity contribution is 7.89. The number of halogens is 1. The summed E-state index contributed by atoms with van der Waals surface area (Å²) < 4.78 is 31.5. The fraction of sp³-hybridized carbons (Fsp3) is 0.500. The number of rotatable bonds is 4. The first-order valence-corrected chi connectivity index (χ1v) is 8.40. The molecule has 1 aliphatic heterocycles. The van der Waals surface area contributed by atoms with Crippen molar-refractivity contribution in [3.05, 3.63) is 29.8 Å². The summed E-state index contributed by atoms with van der Waals surface area (Å²) in [5.74, 6) is -0.447. The first-order chi connectivity index (χ1) is 9.96. The minimum Gasteiger partial charge on any atom is -0.462 e. The monoisotopic (exact) mass is 348 g/mol. The molecule has 0 saturated carbocycles. The van der Waals surface area contributed by atoms with Crippen LogP contribution in [0.4, 0.5) is 0 Å². The van der Waals surface area contributed by atoms with Crippen LogP contribution in [0.3, 0.4) is 0 Å². The number of nitrogens with one attached hydrogen (secondary N) is 1. The molecule has 1 aromatic rings. The van der Waals surface area contributed by atoms with E-state index in [1.807, 2.05) is 6.92 Å². The molecule has 0 radical (unpaired) electrons. The minimum absolute atomic E-state index is 0. The normalized spacial score (nSPS) is 19.3. The van der Waals surface area contributed by atoms with Gasteiger partial charge in [0.05, 0.1) is 17.1 Å². The van der Waals surface area contributed by atoms with E-state index in [9.17, 15) is 13.2 Å². The number of hydrogen-bond donors (Lipinski definition) is 1. The van der Waals surface area contributed by atoms with Crippen molar-refractivity contribution in [1.82, 2.24) is 9.62 Å². The van der Waals surface area contributed by atoms with Crippen LogP contribution in [0.15, 0.2) is 29.2 Å². The first kappa shape index (κ1) is 18.9. The molecular weight excluding hydrogens is 328 g/mol. The lowest BCUT2D eigenvalue weighted by Crippen LogP contribution is -2.52. The van der Waals surface area contributed by atoms with Gasteiger partial charge in [-0.15, -0.1) is 12.4 Å². The zero-order valence-corrected chi connectivity index (χ0v) is 14.2. The van der Waals surface area contributed by atoms with Crippen LogP contribution in [0.2, 0.25) is 0 Å². The molecule has 124 valence electrons. The Bertz CT molecular complexity index is 604. The number of carbonyl (C=O) groups is 1. The third-order valence-electron chi connectivity index (χ3n) is 3.41. The number of hydrogen-bond acceptors (Lipinski definition) is 5. The van der Waals surface area contributed by atoms with Crippen LogP contribution in [-0.4, -0.2) is 51.0 Å². The molecule has 0 aromatic heterocycles. The molecule has 8 heteroatoms. The maximum Gasteiger partial charge on any atom is 0.338 e. The van der Waals surface area contributed by atoms with E-state index in [1.54, 1.807) is 6.92 Å². The van der Waals surface area contributed by atoms with Crippen LogP contribution < -0.4 is 5.32 Å². The zero-order valence-electron chi connectivity index (χ0n) is 12.6. The highest BCUT2D eigenvalue weighted by Crippen LogP contribution is 2.20. The number of ether oxygens (including phenoxy) is 1. The van der Waals surface area contributed by atoms with Gasteiger partial charge in [-0.25, -0.2) is 13.2 Å². The Morgan fingerprint density at radius 3 is 2.55 bits per heavy atom. The third-order valence-corrected chi connectivity index (χ3v) is 5.44. The second-order valence-corrected chi connectivity index (χ2v) is 6.80. The average Bonchev–Trinajstić information content (AvgIpc) is 2.48. The molecule has 1 heterocycles. The van der Waals surface area contributed by atoms with Crippen molar-refractivity contribution in [2.24, 2.45) is 0 Å². The molecule has 1 N–H and O–H groups in total. The Morgan fingerprint density at radius 1 is 1.36 bits per heavy atom. The lowest BCUT2D eigenvalue weighted by Gasteiger charge is -2.32. The number of piperazine rings is 1. The van der Waals surface area contributed by atoms with Crippen LogP contribution in [0.1, 0.15) is 24.2 Å². The van der Waals surface area contributed by atoms with E-state index >= 15 is 0 Å². The Balaban J connectivity index is 0.00000242. The number of nitrogens with zero attached hydrogens (tertiary/aromatic N) is 1. The Kier molecular flexibility index (Phi) is 6.80. The Labute approximate surface area is 137 Å². The molecule has 1 fully saturated rings. The van der Waals surface area contributed by atoms with E-state index in [0.29, 0.717) is 25.2 Å². The van der Waals surface area contributed by atoms with E-state index in [-0.39, 0.29) is 30.0 Å². The van der Waals surface area contributed by atoms with Gasteiger partial charge < -0.3 is 10.1 Å². The molecule has 0 aliphatic carbocycles. The molecule has 0 unspecified atom stereocenters. The maximum absolute atomic E-state index is 12.6. The van der Waals surface area contributed by atoms with E-state index in [0.717, 1.165) is 0 Å². The van der Waals surface area contributed by atoms with Crippen LogP contribution in [-0.2, 0) is 14.8 Å². The smallest absolute Gasteiger partial charge is 0.338 e. The Hall–Kier alpha value is -1.15. The van der Waals surface area contributed by atoms with Crippen molar-refractivity contribution >= 4 is 28.4 Å². The van der Waals surface area contributed by atoms with Gasteiger partial charge in [0.15, 0.2) is 0 Å². The molecule has 1 aromatic carbocycles. The van der Waals surface area contributed by atoms with Gasteiger partial charge >= 0.3 is 5.97 Å². The quantitative estimate of drug-likeness (QED) is 0.829. The summed E-state index contributed by atoms with van der Waals surface area (Å²) in [6.07, 6.45) is 0. The molecule has 1 atom stereocenters. The lowest BCUT2D eigenvalue weighted by molar-refractivity contribution is 0.0526. The van der Waals surface area contributed by atoms with Gasteiger partial charge in [-0.2, -0.15) is 4.31 Å². The van der Waals surface area contributed by atoms with E-state index < -0.39 is 16.0 Å². The predicted octanol–water partition coefficient (Wildman–Crippen LogP) is 1.27. The van der Waals surface area contributed by atoms with Gasteiger partial charge in [0.25, 0.3) is 0 Å². The molecule has 0 spiro atoms. The van der Waals surface area contributed by atoms with Crippen LogP contribution in [0.25, 0.3) is 0 Å². The molecule has 1 saturated heterocycles. The van der Waals surface area contributed by atoms with Crippen molar-refractivity contribution in [3.8, 4) is 0 Å². The second kappa shape index (κ2) is 7.92. The van der Waals surface area contributed by atoms with Gasteiger partial charge in [0.2, 0.25) is 10.0 Å². The first-order valence-electron chi connectivity index (χ1n) is 6.96. The summed E-state index contributed by atoms with van der Waals surface area (Å²) in [5, 5.41) is 3.16. The molecule has 0 amide bonds. The fourth-order valence-electron chi connectivity index (χ4n) is 2.29. The lowest BCUT2D eigenvalue weighted by atomic mass is 10.2. The van der Waals surface area contributed by atoms with Gasteiger partial charge in [0, 0.05) is 25.7 Å². The largest absolute Gasteiger partial charge is 0.462 e. The summed E-state index contributed by atoms with van der Waals surface area (Å²) >= 11 is 0. The van der Waals surface area contributed by atoms with Crippen molar-refractivity contribution in [2.75, 3.05) is 26.2 Å². The van der Waals surface area contributed by atoms with Gasteiger partial charge in [-0.3, -0.25) is 0 Å². The number of esters is 1. The molecule has 2 rings (SSSR count). The second-order valence-electron chi connectivity index (χ2n) is 4.91. The van der Waals surface area contributed by atoms with Crippen molar-refractivity contribution in [2.45, 2.75) is 24.8 Å². The summed E-state index contributed by atoms with van der Waals surface area (Å²) in [4.78, 5) is 11.8. The van der Waals surface area contributed by atoms with E-state index in [1.165, 1.54) is 28.6 Å². The van der Waals surface area contributed by atoms with Crippen LogP contribution in [0.5, 0.6) is 0 Å². The summed E-state index contributed by atoms with van der Waals surface area (Å²) in [6, 6.07) is 5.79. The maximum atomic E-state index is 12.6. The minimum atomic E-state index is -3.52. The average molecular weight is 349 g/mol. The summed E-state index contributed by atoms with van der Waals surface area (Å²) in [5.41, 5.74) is 0.351. The number of benzene rings is 1. The molecule has 22 heavy (non-hydrogen) atoms. The third kappa shape index (κ3) is 3.98. The topological polar surface area (TPSA) is 75.7 Å². The van der Waals surface area contributed by atoms with Crippen molar-refractivity contribution in [3.63, 3.8) is 0 Å². The molecular formula is C14H21ClN2O4S. The van der Waals surface area contributed by atoms with E-state index in [4.69, 9.17) is 4.74 Å². The van der Waals surface area contributed by atoms with Crippen LogP contribution >= 0.6 is 12.4 Å². The van der Waals surface area contributed by atoms with E-state index in [2.05, 4.69) is 5.32 Å². The molecule has 0 bridgehead atoms. The summed E-state index contributed by atoms with van der Waals surface area (Å²) in [6.45, 7) is 5.62. The Morgan fingerprint density at radius 2 is 2.00 bits per heavy atom. The molecule has 6 nitrogen and oxygen atoms in total. The highest BCUT2D eigenvalue weighted by atomic mass is 35.5.